The number of carbonyl (C=O) groups is 1. The number of piperidine rings is 1. The van der Waals surface area contributed by atoms with Gasteiger partial charge in [-0.2, -0.15) is 0 Å². The summed E-state index contributed by atoms with van der Waals surface area (Å²) in [5.41, 5.74) is 2.86. The minimum absolute atomic E-state index is 0.218. The third-order valence-electron chi connectivity index (χ3n) is 4.85. The van der Waals surface area contributed by atoms with E-state index in [9.17, 15) is 4.79 Å². The summed E-state index contributed by atoms with van der Waals surface area (Å²) >= 11 is 0. The molecule has 0 spiro atoms. The molecule has 2 heterocycles. The van der Waals surface area contributed by atoms with Crippen molar-refractivity contribution in [2.45, 2.75) is 46.6 Å². The van der Waals surface area contributed by atoms with Crippen LogP contribution < -0.4 is 4.74 Å². The Hall–Kier alpha value is -2.30. The summed E-state index contributed by atoms with van der Waals surface area (Å²) in [7, 11) is 0. The van der Waals surface area contributed by atoms with Gasteiger partial charge in [-0.25, -0.2) is 0 Å². The summed E-state index contributed by atoms with van der Waals surface area (Å²) in [6.07, 6.45) is 2.79. The summed E-state index contributed by atoms with van der Waals surface area (Å²) < 4.78 is 10.9. The molecule has 134 valence electrons. The number of benzene rings is 1. The zero-order valence-electron chi connectivity index (χ0n) is 15.2. The van der Waals surface area contributed by atoms with Gasteiger partial charge in [0.05, 0.1) is 17.7 Å². The molecule has 5 nitrogen and oxygen atoms in total. The molecule has 1 aliphatic heterocycles. The van der Waals surface area contributed by atoms with Gasteiger partial charge in [-0.15, -0.1) is 0 Å². The molecule has 1 fully saturated rings. The van der Waals surface area contributed by atoms with E-state index >= 15 is 0 Å². The molecular weight excluding hydrogens is 316 g/mol. The Balaban J connectivity index is 1.54. The van der Waals surface area contributed by atoms with E-state index in [4.69, 9.17) is 9.26 Å². The SMILES string of the molecule is Cc1noc(C)c1COc1ccc(CC(=O)N2CCCC(C)C2)cc1. The van der Waals surface area contributed by atoms with Crippen molar-refractivity contribution in [3.63, 3.8) is 0 Å². The lowest BCUT2D eigenvalue weighted by atomic mass is 9.99. The number of hydrogen-bond acceptors (Lipinski definition) is 4. The first kappa shape index (κ1) is 17.5. The maximum atomic E-state index is 12.4. The van der Waals surface area contributed by atoms with Crippen molar-refractivity contribution in [3.8, 4) is 5.75 Å². The molecule has 1 aromatic carbocycles. The maximum absolute atomic E-state index is 12.4. The lowest BCUT2D eigenvalue weighted by Gasteiger charge is -2.31. The molecule has 1 saturated heterocycles. The minimum Gasteiger partial charge on any atom is -0.489 e. The van der Waals surface area contributed by atoms with E-state index in [1.165, 1.54) is 6.42 Å². The van der Waals surface area contributed by atoms with Crippen LogP contribution in [0, 0.1) is 19.8 Å². The van der Waals surface area contributed by atoms with E-state index in [0.29, 0.717) is 18.9 Å². The fourth-order valence-corrected chi connectivity index (χ4v) is 3.27. The number of rotatable bonds is 5. The summed E-state index contributed by atoms with van der Waals surface area (Å²) in [5, 5.41) is 3.93. The summed E-state index contributed by atoms with van der Waals surface area (Å²) in [4.78, 5) is 14.4. The van der Waals surface area contributed by atoms with E-state index in [1.807, 2.05) is 43.0 Å². The molecular formula is C20H26N2O3. The number of amides is 1. The fraction of sp³-hybridized carbons (Fsp3) is 0.500. The zero-order chi connectivity index (χ0) is 17.8. The third kappa shape index (κ3) is 4.41. The van der Waals surface area contributed by atoms with Crippen molar-refractivity contribution in [1.82, 2.24) is 10.1 Å². The molecule has 2 aromatic rings. The van der Waals surface area contributed by atoms with Gasteiger partial charge >= 0.3 is 0 Å². The molecule has 1 aliphatic rings. The highest BCUT2D eigenvalue weighted by Gasteiger charge is 2.20. The summed E-state index contributed by atoms with van der Waals surface area (Å²) in [5.74, 6) is 2.40. The molecule has 0 radical (unpaired) electrons. The Labute approximate surface area is 148 Å². The van der Waals surface area contributed by atoms with Crippen molar-refractivity contribution >= 4 is 5.91 Å². The molecule has 3 rings (SSSR count). The van der Waals surface area contributed by atoms with Crippen LogP contribution in [0.1, 0.15) is 42.3 Å². The van der Waals surface area contributed by atoms with Crippen LogP contribution in [0.15, 0.2) is 28.8 Å². The Morgan fingerprint density at radius 3 is 2.72 bits per heavy atom. The molecule has 5 heteroatoms. The van der Waals surface area contributed by atoms with Gasteiger partial charge in [0.2, 0.25) is 5.91 Å². The van der Waals surface area contributed by atoms with Gasteiger partial charge < -0.3 is 14.2 Å². The molecule has 0 bridgehead atoms. The first-order chi connectivity index (χ1) is 12.0. The number of ether oxygens (including phenoxy) is 1. The minimum atomic E-state index is 0.218. The normalized spacial score (nSPS) is 17.6. The van der Waals surface area contributed by atoms with Gasteiger partial charge in [0, 0.05) is 13.1 Å². The zero-order valence-corrected chi connectivity index (χ0v) is 15.2. The Morgan fingerprint density at radius 1 is 1.32 bits per heavy atom. The van der Waals surface area contributed by atoms with Gasteiger partial charge in [0.15, 0.2) is 0 Å². The van der Waals surface area contributed by atoms with E-state index in [1.54, 1.807) is 0 Å². The Morgan fingerprint density at radius 2 is 2.08 bits per heavy atom. The number of aromatic nitrogens is 1. The lowest BCUT2D eigenvalue weighted by molar-refractivity contribution is -0.132. The van der Waals surface area contributed by atoms with Crippen LogP contribution in [0.2, 0.25) is 0 Å². The molecule has 0 N–H and O–H groups in total. The number of nitrogens with zero attached hydrogens (tertiary/aromatic N) is 2. The van der Waals surface area contributed by atoms with Crippen LogP contribution in [0.4, 0.5) is 0 Å². The highest BCUT2D eigenvalue weighted by Crippen LogP contribution is 2.20. The van der Waals surface area contributed by atoms with Gasteiger partial charge in [-0.1, -0.05) is 24.2 Å². The standard InChI is InChI=1S/C20H26N2O3/c1-14-5-4-10-22(12-14)20(23)11-17-6-8-18(9-7-17)24-13-19-15(2)21-25-16(19)3/h6-9,14H,4-5,10-13H2,1-3H3. The molecule has 0 aliphatic carbocycles. The second-order valence-corrected chi connectivity index (χ2v) is 7.00. The quantitative estimate of drug-likeness (QED) is 0.832. The monoisotopic (exact) mass is 342 g/mol. The highest BCUT2D eigenvalue weighted by atomic mass is 16.5. The van der Waals surface area contributed by atoms with E-state index < -0.39 is 0 Å². The van der Waals surface area contributed by atoms with Crippen molar-refractivity contribution in [2.24, 2.45) is 5.92 Å². The number of hydrogen-bond donors (Lipinski definition) is 0. The smallest absolute Gasteiger partial charge is 0.226 e. The predicted octanol–water partition coefficient (Wildman–Crippen LogP) is 3.67. The molecule has 1 atom stereocenters. The van der Waals surface area contributed by atoms with E-state index in [-0.39, 0.29) is 5.91 Å². The second-order valence-electron chi connectivity index (χ2n) is 7.00. The lowest BCUT2D eigenvalue weighted by Crippen LogP contribution is -2.39. The molecule has 0 saturated carbocycles. The van der Waals surface area contributed by atoms with E-state index in [2.05, 4.69) is 12.1 Å². The van der Waals surface area contributed by atoms with Crippen molar-refractivity contribution in [2.75, 3.05) is 13.1 Å². The van der Waals surface area contributed by atoms with Crippen LogP contribution in [0.25, 0.3) is 0 Å². The number of carbonyl (C=O) groups excluding carboxylic acids is 1. The second kappa shape index (κ2) is 7.72. The van der Waals surface area contributed by atoms with Crippen LogP contribution in [-0.4, -0.2) is 29.1 Å². The van der Waals surface area contributed by atoms with Crippen molar-refractivity contribution in [3.05, 3.63) is 46.8 Å². The Bertz CT molecular complexity index is 702. The highest BCUT2D eigenvalue weighted by molar-refractivity contribution is 5.78. The van der Waals surface area contributed by atoms with Crippen LogP contribution >= 0.6 is 0 Å². The van der Waals surface area contributed by atoms with Gasteiger partial charge in [-0.3, -0.25) is 4.79 Å². The summed E-state index contributed by atoms with van der Waals surface area (Å²) in [6, 6.07) is 7.77. The van der Waals surface area contributed by atoms with Crippen LogP contribution in [-0.2, 0) is 17.8 Å². The fourth-order valence-electron chi connectivity index (χ4n) is 3.27. The number of aryl methyl sites for hydroxylation is 2. The van der Waals surface area contributed by atoms with Gasteiger partial charge in [0.1, 0.15) is 18.1 Å². The van der Waals surface area contributed by atoms with Crippen molar-refractivity contribution in [1.29, 1.82) is 0 Å². The summed E-state index contributed by atoms with van der Waals surface area (Å²) in [6.45, 7) is 8.22. The van der Waals surface area contributed by atoms with Gasteiger partial charge in [-0.05, 0) is 50.3 Å². The Kier molecular flexibility index (Phi) is 5.41. The van der Waals surface area contributed by atoms with E-state index in [0.717, 1.165) is 47.8 Å². The largest absolute Gasteiger partial charge is 0.489 e. The van der Waals surface area contributed by atoms with Crippen molar-refractivity contribution < 1.29 is 14.1 Å². The average molecular weight is 342 g/mol. The first-order valence-electron chi connectivity index (χ1n) is 8.94. The molecule has 25 heavy (non-hydrogen) atoms. The average Bonchev–Trinajstić information content (AvgIpc) is 2.92. The number of likely N-dealkylation sites (tertiary alicyclic amines) is 1. The van der Waals surface area contributed by atoms with Crippen LogP contribution in [0.5, 0.6) is 5.75 Å². The van der Waals surface area contributed by atoms with Crippen LogP contribution in [0.3, 0.4) is 0 Å². The predicted molar refractivity (Wildman–Crippen MR) is 95.4 cm³/mol. The molecule has 1 amide bonds. The first-order valence-corrected chi connectivity index (χ1v) is 8.94. The molecule has 1 aromatic heterocycles. The van der Waals surface area contributed by atoms with Gasteiger partial charge in [0.25, 0.3) is 0 Å². The third-order valence-corrected chi connectivity index (χ3v) is 4.85. The topological polar surface area (TPSA) is 55.6 Å². The molecule has 1 unspecified atom stereocenters. The maximum Gasteiger partial charge on any atom is 0.226 e.